The number of fused-ring (bicyclic) bond motifs is 1. The lowest BCUT2D eigenvalue weighted by molar-refractivity contribution is -0.172. The molecule has 248 valence electrons. The van der Waals surface area contributed by atoms with Crippen LogP contribution in [0.2, 0.25) is 0 Å². The van der Waals surface area contributed by atoms with Crippen molar-refractivity contribution in [2.24, 2.45) is 0 Å². The maximum atomic E-state index is 14.0. The summed E-state index contributed by atoms with van der Waals surface area (Å²) in [6, 6.07) is 11.3. The molecule has 3 heterocycles. The lowest BCUT2D eigenvalue weighted by Gasteiger charge is -2.38. The van der Waals surface area contributed by atoms with E-state index in [1.54, 1.807) is 48.8 Å². The standard InChI is InChI=1S/C33H43N5O8/c1-6-44-28(40)20-36-13-15-37(16-14-36)31(41)29-30-26(45-33(3,4)46-30)19-38(29)27(39)18-22-11-12-24(25(17-22)43-5)35-32(42)34-23-10-8-7-9-21(23)2/h7-12,17,26,29-30H,6,13-16,18-20H2,1-5H3,(H2,34,35,42)/t26-,29+,30+/m1/s1. The molecular weight excluding hydrogens is 594 g/mol. The summed E-state index contributed by atoms with van der Waals surface area (Å²) in [6.45, 7) is 9.87. The molecular formula is C33H43N5O8. The van der Waals surface area contributed by atoms with E-state index in [-0.39, 0.29) is 37.3 Å². The lowest BCUT2D eigenvalue weighted by Crippen LogP contribution is -2.57. The number of amides is 4. The van der Waals surface area contributed by atoms with Crippen LogP contribution in [0.4, 0.5) is 16.2 Å². The van der Waals surface area contributed by atoms with Crippen LogP contribution in [0.25, 0.3) is 0 Å². The van der Waals surface area contributed by atoms with Crippen molar-refractivity contribution in [2.45, 2.75) is 58.2 Å². The Balaban J connectivity index is 1.25. The van der Waals surface area contributed by atoms with Gasteiger partial charge >= 0.3 is 12.0 Å². The van der Waals surface area contributed by atoms with Crippen LogP contribution >= 0.6 is 0 Å². The molecule has 0 bridgehead atoms. The van der Waals surface area contributed by atoms with Crippen molar-refractivity contribution in [3.05, 3.63) is 53.6 Å². The van der Waals surface area contributed by atoms with Gasteiger partial charge in [-0.05, 0) is 57.0 Å². The van der Waals surface area contributed by atoms with Crippen LogP contribution in [0.1, 0.15) is 31.9 Å². The molecule has 2 N–H and O–H groups in total. The smallest absolute Gasteiger partial charge is 0.323 e. The van der Waals surface area contributed by atoms with Crippen molar-refractivity contribution >= 4 is 35.2 Å². The average molecular weight is 638 g/mol. The summed E-state index contributed by atoms with van der Waals surface area (Å²) in [5.41, 5.74) is 2.72. The number of ether oxygens (including phenoxy) is 4. The molecule has 5 rings (SSSR count). The van der Waals surface area contributed by atoms with Gasteiger partial charge in [-0.15, -0.1) is 0 Å². The van der Waals surface area contributed by atoms with E-state index in [0.29, 0.717) is 55.5 Å². The van der Waals surface area contributed by atoms with Gasteiger partial charge in [0.1, 0.15) is 24.0 Å². The first-order valence-corrected chi connectivity index (χ1v) is 15.6. The molecule has 3 atom stereocenters. The topological polar surface area (TPSA) is 139 Å². The van der Waals surface area contributed by atoms with Gasteiger partial charge in [-0.25, -0.2) is 4.79 Å². The third kappa shape index (κ3) is 7.60. The minimum atomic E-state index is -0.872. The molecule has 3 aliphatic rings. The molecule has 13 heteroatoms. The number of piperazine rings is 1. The molecule has 4 amide bonds. The molecule has 2 aromatic carbocycles. The Bertz CT molecular complexity index is 1460. The number of aryl methyl sites for hydroxylation is 1. The van der Waals surface area contributed by atoms with Gasteiger partial charge in [-0.1, -0.05) is 24.3 Å². The zero-order valence-corrected chi connectivity index (χ0v) is 27.0. The van der Waals surface area contributed by atoms with Crippen molar-refractivity contribution in [1.29, 1.82) is 0 Å². The minimum Gasteiger partial charge on any atom is -0.495 e. The number of anilines is 2. The first kappa shape index (κ1) is 33.2. The normalized spacial score (nSPS) is 22.2. The van der Waals surface area contributed by atoms with Crippen molar-refractivity contribution in [2.75, 3.05) is 63.6 Å². The number of likely N-dealkylation sites (tertiary alicyclic amines) is 1. The van der Waals surface area contributed by atoms with Crippen LogP contribution in [-0.2, 0) is 35.0 Å². The van der Waals surface area contributed by atoms with E-state index < -0.39 is 30.1 Å². The molecule has 0 unspecified atom stereocenters. The Morgan fingerprint density at radius 1 is 0.978 bits per heavy atom. The van der Waals surface area contributed by atoms with E-state index in [0.717, 1.165) is 5.56 Å². The lowest BCUT2D eigenvalue weighted by atomic mass is 10.1. The predicted octanol–water partition coefficient (Wildman–Crippen LogP) is 2.63. The quantitative estimate of drug-likeness (QED) is 0.398. The van der Waals surface area contributed by atoms with Gasteiger partial charge in [-0.2, -0.15) is 0 Å². The molecule has 3 fully saturated rings. The summed E-state index contributed by atoms with van der Waals surface area (Å²) in [7, 11) is 1.49. The highest BCUT2D eigenvalue weighted by molar-refractivity contribution is 6.01. The molecule has 0 radical (unpaired) electrons. The second kappa shape index (κ2) is 14.1. The van der Waals surface area contributed by atoms with Crippen molar-refractivity contribution in [1.82, 2.24) is 14.7 Å². The summed E-state index contributed by atoms with van der Waals surface area (Å²) in [5.74, 6) is -1.22. The molecule has 2 aromatic rings. The van der Waals surface area contributed by atoms with E-state index >= 15 is 0 Å². The van der Waals surface area contributed by atoms with E-state index in [4.69, 9.17) is 18.9 Å². The van der Waals surface area contributed by atoms with Gasteiger partial charge in [-0.3, -0.25) is 19.3 Å². The van der Waals surface area contributed by atoms with Gasteiger partial charge < -0.3 is 39.4 Å². The van der Waals surface area contributed by atoms with Crippen LogP contribution in [-0.4, -0.2) is 116 Å². The van der Waals surface area contributed by atoms with Crippen LogP contribution in [0, 0.1) is 6.92 Å². The monoisotopic (exact) mass is 637 g/mol. The molecule has 46 heavy (non-hydrogen) atoms. The Labute approximate surface area is 269 Å². The highest BCUT2D eigenvalue weighted by Crippen LogP contribution is 2.38. The highest BCUT2D eigenvalue weighted by Gasteiger charge is 2.57. The van der Waals surface area contributed by atoms with Gasteiger partial charge in [0.2, 0.25) is 11.8 Å². The van der Waals surface area contributed by atoms with E-state index in [1.165, 1.54) is 7.11 Å². The second-order valence-electron chi connectivity index (χ2n) is 12.1. The maximum absolute atomic E-state index is 14.0. The number of urea groups is 1. The highest BCUT2D eigenvalue weighted by atomic mass is 16.8. The molecule has 3 saturated heterocycles. The number of hydrogen-bond donors (Lipinski definition) is 2. The third-order valence-corrected chi connectivity index (χ3v) is 8.42. The SMILES string of the molecule is CCOC(=O)CN1CCN(C(=O)[C@@H]2[C@H]3OC(C)(C)O[C@@H]3CN2C(=O)Cc2ccc(NC(=O)Nc3ccccc3C)c(OC)c2)CC1. The Morgan fingerprint density at radius 2 is 1.70 bits per heavy atom. The average Bonchev–Trinajstić information content (AvgIpc) is 3.50. The van der Waals surface area contributed by atoms with E-state index in [9.17, 15) is 19.2 Å². The number of benzene rings is 2. The summed E-state index contributed by atoms with van der Waals surface area (Å²) in [5, 5.41) is 5.63. The molecule has 13 nitrogen and oxygen atoms in total. The zero-order chi connectivity index (χ0) is 33.0. The Kier molecular flexibility index (Phi) is 10.1. The number of methoxy groups -OCH3 is 1. The Morgan fingerprint density at radius 3 is 2.39 bits per heavy atom. The third-order valence-electron chi connectivity index (χ3n) is 8.42. The van der Waals surface area contributed by atoms with Crippen LogP contribution in [0.3, 0.4) is 0 Å². The van der Waals surface area contributed by atoms with E-state index in [2.05, 4.69) is 10.6 Å². The number of nitrogens with zero attached hydrogens (tertiary/aromatic N) is 3. The zero-order valence-electron chi connectivity index (χ0n) is 27.0. The predicted molar refractivity (Wildman–Crippen MR) is 169 cm³/mol. The second-order valence-corrected chi connectivity index (χ2v) is 12.1. The summed E-state index contributed by atoms with van der Waals surface area (Å²) in [6.07, 6.45) is -1.03. The molecule has 0 saturated carbocycles. The first-order chi connectivity index (χ1) is 22.0. The fourth-order valence-electron chi connectivity index (χ4n) is 6.20. The molecule has 0 spiro atoms. The van der Waals surface area contributed by atoms with Gasteiger partial charge in [0.25, 0.3) is 0 Å². The van der Waals surface area contributed by atoms with Gasteiger partial charge in [0, 0.05) is 31.9 Å². The summed E-state index contributed by atoms with van der Waals surface area (Å²) >= 11 is 0. The summed E-state index contributed by atoms with van der Waals surface area (Å²) in [4.78, 5) is 57.6. The number of para-hydroxylation sites is 1. The fourth-order valence-corrected chi connectivity index (χ4v) is 6.20. The number of rotatable bonds is 9. The number of esters is 1. The molecule has 3 aliphatic heterocycles. The number of carbonyl (C=O) groups is 4. The van der Waals surface area contributed by atoms with Crippen molar-refractivity contribution in [3.63, 3.8) is 0 Å². The number of nitrogens with one attached hydrogen (secondary N) is 2. The minimum absolute atomic E-state index is 0.00593. The van der Waals surface area contributed by atoms with Crippen LogP contribution < -0.4 is 15.4 Å². The van der Waals surface area contributed by atoms with E-state index in [1.807, 2.05) is 36.1 Å². The molecule has 0 aromatic heterocycles. The van der Waals surface area contributed by atoms with Crippen LogP contribution in [0.5, 0.6) is 5.75 Å². The van der Waals surface area contributed by atoms with Gasteiger partial charge in [0.15, 0.2) is 5.79 Å². The molecule has 0 aliphatic carbocycles. The van der Waals surface area contributed by atoms with Crippen LogP contribution in [0.15, 0.2) is 42.5 Å². The Hall–Kier alpha value is -4.20. The van der Waals surface area contributed by atoms with Crippen molar-refractivity contribution < 1.29 is 38.1 Å². The maximum Gasteiger partial charge on any atom is 0.323 e. The first-order valence-electron chi connectivity index (χ1n) is 15.6. The van der Waals surface area contributed by atoms with Gasteiger partial charge in [0.05, 0.1) is 38.9 Å². The largest absolute Gasteiger partial charge is 0.495 e. The van der Waals surface area contributed by atoms with Crippen molar-refractivity contribution in [3.8, 4) is 5.75 Å². The number of hydrogen-bond acceptors (Lipinski definition) is 9. The fraction of sp³-hybridized carbons (Fsp3) is 0.515. The summed E-state index contributed by atoms with van der Waals surface area (Å²) < 4.78 is 22.8. The number of carbonyl (C=O) groups excluding carboxylic acids is 4.